The molecule has 0 fully saturated rings. The summed E-state index contributed by atoms with van der Waals surface area (Å²) in [5.41, 5.74) is 5.12. The van der Waals surface area contributed by atoms with Gasteiger partial charge in [-0.25, -0.2) is 0 Å². The Kier molecular flexibility index (Phi) is 3.56. The highest BCUT2D eigenvalue weighted by Gasteiger charge is 2.22. The summed E-state index contributed by atoms with van der Waals surface area (Å²) < 4.78 is 5.71. The Hall–Kier alpha value is -2.30. The van der Waals surface area contributed by atoms with Gasteiger partial charge in [-0.2, -0.15) is 5.10 Å². The van der Waals surface area contributed by atoms with E-state index in [4.69, 9.17) is 4.74 Å². The Morgan fingerprint density at radius 1 is 1.39 bits per heavy atom. The van der Waals surface area contributed by atoms with Crippen molar-refractivity contribution in [1.29, 1.82) is 0 Å². The number of hydrogen-bond acceptors (Lipinski definition) is 3. The van der Waals surface area contributed by atoms with Crippen LogP contribution in [-0.4, -0.2) is 22.2 Å². The van der Waals surface area contributed by atoms with Crippen molar-refractivity contribution in [3.63, 3.8) is 0 Å². The Morgan fingerprint density at radius 3 is 3.17 bits per heavy atom. The van der Waals surface area contributed by atoms with E-state index in [1.54, 1.807) is 0 Å². The Bertz CT molecular complexity index is 751. The van der Waals surface area contributed by atoms with Crippen LogP contribution in [-0.2, 0) is 25.8 Å². The lowest BCUT2D eigenvalue weighted by Crippen LogP contribution is -2.24. The van der Waals surface area contributed by atoms with Crippen LogP contribution in [0, 0.1) is 0 Å². The molecule has 4 rings (SSSR count). The molecule has 1 aliphatic heterocycles. The van der Waals surface area contributed by atoms with Crippen LogP contribution in [0.1, 0.15) is 52.6 Å². The van der Waals surface area contributed by atoms with Crippen molar-refractivity contribution in [3.05, 3.63) is 46.3 Å². The van der Waals surface area contributed by atoms with Crippen LogP contribution in [0.3, 0.4) is 0 Å². The van der Waals surface area contributed by atoms with E-state index in [2.05, 4.69) is 28.5 Å². The average Bonchev–Trinajstić information content (AvgIpc) is 3.14. The first-order chi connectivity index (χ1) is 11.2. The lowest BCUT2D eigenvalue weighted by Gasteiger charge is -2.11. The predicted octanol–water partition coefficient (Wildman–Crippen LogP) is 2.54. The van der Waals surface area contributed by atoms with Crippen molar-refractivity contribution < 1.29 is 9.53 Å². The standard InChI is InChI=1S/C18H21N3O2/c1-11-8-13-9-12(6-7-16(13)23-11)10-19-18(22)17-14-4-2-3-5-15(14)20-21-17/h6-7,9,11H,2-5,8,10H2,1H3,(H,19,22)(H,20,21)/t11-/m0/s1. The molecule has 0 saturated heterocycles. The molecule has 0 unspecified atom stereocenters. The zero-order valence-electron chi connectivity index (χ0n) is 13.3. The first-order valence-corrected chi connectivity index (χ1v) is 8.33. The topological polar surface area (TPSA) is 67.0 Å². The number of ether oxygens (including phenoxy) is 1. The third kappa shape index (κ3) is 2.71. The number of fused-ring (bicyclic) bond motifs is 2. The number of aryl methyl sites for hydroxylation is 1. The first-order valence-electron chi connectivity index (χ1n) is 8.33. The molecule has 0 spiro atoms. The highest BCUT2D eigenvalue weighted by Crippen LogP contribution is 2.29. The molecule has 1 aromatic carbocycles. The minimum Gasteiger partial charge on any atom is -0.490 e. The van der Waals surface area contributed by atoms with Crippen LogP contribution < -0.4 is 10.1 Å². The average molecular weight is 311 g/mol. The molecule has 1 amide bonds. The Balaban J connectivity index is 1.44. The monoisotopic (exact) mass is 311 g/mol. The van der Waals surface area contributed by atoms with Crippen molar-refractivity contribution in [2.24, 2.45) is 0 Å². The lowest BCUT2D eigenvalue weighted by molar-refractivity contribution is 0.0945. The summed E-state index contributed by atoms with van der Waals surface area (Å²) in [7, 11) is 0. The quantitative estimate of drug-likeness (QED) is 0.915. The van der Waals surface area contributed by atoms with Gasteiger partial charge in [0.25, 0.3) is 5.91 Å². The van der Waals surface area contributed by atoms with Gasteiger partial charge in [-0.15, -0.1) is 0 Å². The van der Waals surface area contributed by atoms with Gasteiger partial charge < -0.3 is 10.1 Å². The highest BCUT2D eigenvalue weighted by molar-refractivity contribution is 5.94. The van der Waals surface area contributed by atoms with E-state index in [0.29, 0.717) is 12.2 Å². The summed E-state index contributed by atoms with van der Waals surface area (Å²) in [5.74, 6) is 0.878. The Labute approximate surface area is 135 Å². The number of carbonyl (C=O) groups is 1. The maximum atomic E-state index is 12.4. The molecule has 1 aromatic heterocycles. The number of aromatic nitrogens is 2. The minimum atomic E-state index is -0.0884. The van der Waals surface area contributed by atoms with Gasteiger partial charge in [0.05, 0.1) is 0 Å². The summed E-state index contributed by atoms with van der Waals surface area (Å²) in [5, 5.41) is 10.2. The molecule has 0 radical (unpaired) electrons. The fourth-order valence-corrected chi connectivity index (χ4v) is 3.52. The SMILES string of the molecule is C[C@H]1Cc2cc(CNC(=O)c3n[nH]c4c3CCCC4)ccc2O1. The summed E-state index contributed by atoms with van der Waals surface area (Å²) in [6.45, 7) is 2.59. The number of aromatic amines is 1. The highest BCUT2D eigenvalue weighted by atomic mass is 16.5. The molecule has 1 aliphatic carbocycles. The molecule has 2 N–H and O–H groups in total. The van der Waals surface area contributed by atoms with Gasteiger partial charge >= 0.3 is 0 Å². The van der Waals surface area contributed by atoms with Gasteiger partial charge in [-0.3, -0.25) is 9.89 Å². The van der Waals surface area contributed by atoms with Crippen molar-refractivity contribution in [2.75, 3.05) is 0 Å². The maximum absolute atomic E-state index is 12.4. The summed E-state index contributed by atoms with van der Waals surface area (Å²) in [4.78, 5) is 12.4. The van der Waals surface area contributed by atoms with Crippen molar-refractivity contribution in [1.82, 2.24) is 15.5 Å². The largest absolute Gasteiger partial charge is 0.490 e. The molecule has 2 heterocycles. The van der Waals surface area contributed by atoms with E-state index in [1.807, 2.05) is 12.1 Å². The van der Waals surface area contributed by atoms with E-state index in [1.165, 1.54) is 12.0 Å². The molecule has 2 aromatic rings. The second-order valence-corrected chi connectivity index (χ2v) is 6.49. The number of nitrogens with zero attached hydrogens (tertiary/aromatic N) is 1. The number of nitrogens with one attached hydrogen (secondary N) is 2. The van der Waals surface area contributed by atoms with Gasteiger partial charge in [0.2, 0.25) is 0 Å². The number of rotatable bonds is 3. The number of amides is 1. The molecule has 1 atom stereocenters. The second-order valence-electron chi connectivity index (χ2n) is 6.49. The fraction of sp³-hybridized carbons (Fsp3) is 0.444. The molecule has 0 bridgehead atoms. The van der Waals surface area contributed by atoms with E-state index in [-0.39, 0.29) is 12.0 Å². The summed E-state index contributed by atoms with van der Waals surface area (Å²) in [6.07, 6.45) is 5.43. The number of H-pyrrole nitrogens is 1. The van der Waals surface area contributed by atoms with Crippen molar-refractivity contribution in [3.8, 4) is 5.75 Å². The zero-order valence-corrected chi connectivity index (χ0v) is 13.3. The van der Waals surface area contributed by atoms with Crippen molar-refractivity contribution >= 4 is 5.91 Å². The van der Waals surface area contributed by atoms with Crippen LogP contribution >= 0.6 is 0 Å². The van der Waals surface area contributed by atoms with Gasteiger partial charge in [-0.05, 0) is 49.8 Å². The van der Waals surface area contributed by atoms with Gasteiger partial charge in [0.1, 0.15) is 11.9 Å². The van der Waals surface area contributed by atoms with E-state index >= 15 is 0 Å². The number of hydrogen-bond donors (Lipinski definition) is 2. The number of benzene rings is 1. The van der Waals surface area contributed by atoms with Crippen molar-refractivity contribution in [2.45, 2.75) is 51.7 Å². The minimum absolute atomic E-state index is 0.0884. The maximum Gasteiger partial charge on any atom is 0.272 e. The fourth-order valence-electron chi connectivity index (χ4n) is 3.52. The molecular formula is C18H21N3O2. The molecule has 5 heteroatoms. The van der Waals surface area contributed by atoms with Crippen LogP contribution in [0.5, 0.6) is 5.75 Å². The molecule has 120 valence electrons. The predicted molar refractivity (Wildman–Crippen MR) is 86.6 cm³/mol. The van der Waals surface area contributed by atoms with E-state index in [0.717, 1.165) is 48.3 Å². The molecule has 23 heavy (non-hydrogen) atoms. The smallest absolute Gasteiger partial charge is 0.272 e. The van der Waals surface area contributed by atoms with E-state index < -0.39 is 0 Å². The van der Waals surface area contributed by atoms with Crippen LogP contribution in [0.15, 0.2) is 18.2 Å². The van der Waals surface area contributed by atoms with Gasteiger partial charge in [0, 0.05) is 24.2 Å². The summed E-state index contributed by atoms with van der Waals surface area (Å²) in [6, 6.07) is 6.13. The zero-order chi connectivity index (χ0) is 15.8. The van der Waals surface area contributed by atoms with Gasteiger partial charge in [0.15, 0.2) is 5.69 Å². The van der Waals surface area contributed by atoms with Crippen LogP contribution in [0.4, 0.5) is 0 Å². The third-order valence-corrected chi connectivity index (χ3v) is 4.68. The van der Waals surface area contributed by atoms with E-state index in [9.17, 15) is 4.79 Å². The normalized spacial score (nSPS) is 18.9. The first kappa shape index (κ1) is 14.3. The number of carbonyl (C=O) groups excluding carboxylic acids is 1. The Morgan fingerprint density at radius 2 is 2.26 bits per heavy atom. The molecule has 2 aliphatic rings. The molecular weight excluding hydrogens is 290 g/mol. The second kappa shape index (κ2) is 5.72. The van der Waals surface area contributed by atoms with Crippen LogP contribution in [0.2, 0.25) is 0 Å². The summed E-state index contributed by atoms with van der Waals surface area (Å²) >= 11 is 0. The third-order valence-electron chi connectivity index (χ3n) is 4.68. The molecule has 5 nitrogen and oxygen atoms in total. The van der Waals surface area contributed by atoms with Crippen LogP contribution in [0.25, 0.3) is 0 Å². The molecule has 0 saturated carbocycles. The lowest BCUT2D eigenvalue weighted by atomic mass is 9.96. The van der Waals surface area contributed by atoms with Gasteiger partial charge in [-0.1, -0.05) is 12.1 Å².